The van der Waals surface area contributed by atoms with E-state index < -0.39 is 12.3 Å². The second kappa shape index (κ2) is 7.37. The van der Waals surface area contributed by atoms with E-state index >= 15 is 0 Å². The summed E-state index contributed by atoms with van der Waals surface area (Å²) in [5, 5.41) is 2.63. The van der Waals surface area contributed by atoms with Crippen LogP contribution >= 0.6 is 0 Å². The van der Waals surface area contributed by atoms with Crippen LogP contribution < -0.4 is 15.0 Å². The second-order valence-electron chi connectivity index (χ2n) is 5.43. The Morgan fingerprint density at radius 3 is 2.40 bits per heavy atom. The van der Waals surface area contributed by atoms with Crippen molar-refractivity contribution in [2.45, 2.75) is 19.8 Å². The molecule has 134 valence electrons. The Morgan fingerprint density at radius 1 is 1.20 bits per heavy atom. The van der Waals surface area contributed by atoms with Crippen molar-refractivity contribution in [2.24, 2.45) is 0 Å². The molecule has 1 amide bonds. The normalized spacial score (nSPS) is 11.1. The van der Waals surface area contributed by atoms with Gasteiger partial charge < -0.3 is 15.0 Å². The zero-order chi connectivity index (χ0) is 18.6. The molecule has 0 unspecified atom stereocenters. The Labute approximate surface area is 142 Å². The summed E-state index contributed by atoms with van der Waals surface area (Å²) in [6.07, 6.45) is -4.77. The van der Waals surface area contributed by atoms with Crippen molar-refractivity contribution in [3.05, 3.63) is 47.4 Å². The van der Waals surface area contributed by atoms with Crippen LogP contribution in [0.5, 0.6) is 5.75 Å². The lowest BCUT2D eigenvalue weighted by atomic mass is 10.2. The lowest BCUT2D eigenvalue weighted by Gasteiger charge is -2.13. The smallest absolute Gasteiger partial charge is 0.406 e. The van der Waals surface area contributed by atoms with Crippen LogP contribution in [0.15, 0.2) is 30.3 Å². The van der Waals surface area contributed by atoms with Crippen LogP contribution in [0.3, 0.4) is 0 Å². The van der Waals surface area contributed by atoms with Gasteiger partial charge in [0.1, 0.15) is 17.4 Å². The van der Waals surface area contributed by atoms with Crippen molar-refractivity contribution in [3.8, 4) is 5.75 Å². The molecule has 1 N–H and O–H groups in total. The molecule has 0 aliphatic rings. The van der Waals surface area contributed by atoms with Gasteiger partial charge in [0.2, 0.25) is 0 Å². The number of carbonyl (C=O) groups excluding carboxylic acids is 1. The van der Waals surface area contributed by atoms with Gasteiger partial charge in [-0.1, -0.05) is 0 Å². The number of rotatable bonds is 5. The third kappa shape index (κ3) is 5.63. The van der Waals surface area contributed by atoms with Crippen molar-refractivity contribution in [1.82, 2.24) is 15.3 Å². The molecule has 2 aromatic rings. The molecule has 0 atom stereocenters. The van der Waals surface area contributed by atoms with Crippen molar-refractivity contribution >= 4 is 11.7 Å². The Balaban J connectivity index is 2.01. The summed E-state index contributed by atoms with van der Waals surface area (Å²) in [7, 11) is 3.68. The van der Waals surface area contributed by atoms with Gasteiger partial charge in [-0.3, -0.25) is 4.79 Å². The minimum atomic E-state index is -4.77. The van der Waals surface area contributed by atoms with Crippen molar-refractivity contribution in [1.29, 1.82) is 0 Å². The molecule has 25 heavy (non-hydrogen) atoms. The monoisotopic (exact) mass is 354 g/mol. The van der Waals surface area contributed by atoms with Gasteiger partial charge in [-0.15, -0.1) is 13.2 Å². The molecule has 0 fully saturated rings. The molecule has 1 aromatic heterocycles. The number of carbonyl (C=O) groups is 1. The van der Waals surface area contributed by atoms with Crippen LogP contribution in [0.25, 0.3) is 0 Å². The highest BCUT2D eigenvalue weighted by Gasteiger charge is 2.31. The molecule has 0 aliphatic carbocycles. The van der Waals surface area contributed by atoms with Crippen LogP contribution in [-0.4, -0.2) is 36.3 Å². The maximum absolute atomic E-state index is 12.1. The highest BCUT2D eigenvalue weighted by molar-refractivity contribution is 5.94. The van der Waals surface area contributed by atoms with E-state index in [1.807, 2.05) is 32.0 Å². The largest absolute Gasteiger partial charge is 0.573 e. The molecule has 0 aliphatic heterocycles. The number of aryl methyl sites for hydroxylation is 1. The summed E-state index contributed by atoms with van der Waals surface area (Å²) in [6, 6.07) is 6.47. The van der Waals surface area contributed by atoms with Gasteiger partial charge in [-0.2, -0.15) is 0 Å². The van der Waals surface area contributed by atoms with Crippen molar-refractivity contribution in [2.75, 3.05) is 19.0 Å². The minimum Gasteiger partial charge on any atom is -0.406 e. The van der Waals surface area contributed by atoms with Crippen molar-refractivity contribution < 1.29 is 22.7 Å². The number of alkyl halides is 3. The third-order valence-corrected chi connectivity index (χ3v) is 3.10. The van der Waals surface area contributed by atoms with E-state index in [0.717, 1.165) is 17.8 Å². The van der Waals surface area contributed by atoms with Crippen molar-refractivity contribution in [3.63, 3.8) is 0 Å². The molecule has 0 radical (unpaired) electrons. The summed E-state index contributed by atoms with van der Waals surface area (Å²) in [5.41, 5.74) is 0.964. The molecule has 6 nitrogen and oxygen atoms in total. The number of hydrogen-bond acceptors (Lipinski definition) is 5. The third-order valence-electron chi connectivity index (χ3n) is 3.10. The second-order valence-corrected chi connectivity index (χ2v) is 5.43. The van der Waals surface area contributed by atoms with Gasteiger partial charge in [-0.25, -0.2) is 9.97 Å². The predicted octanol–water partition coefficient (Wildman–Crippen LogP) is 2.68. The molecule has 0 saturated carbocycles. The highest BCUT2D eigenvalue weighted by Crippen LogP contribution is 2.22. The molecule has 0 spiro atoms. The van der Waals surface area contributed by atoms with E-state index in [2.05, 4.69) is 20.0 Å². The average Bonchev–Trinajstić information content (AvgIpc) is 2.51. The zero-order valence-electron chi connectivity index (χ0n) is 13.9. The van der Waals surface area contributed by atoms with E-state index in [-0.39, 0.29) is 17.9 Å². The first kappa shape index (κ1) is 18.5. The van der Waals surface area contributed by atoms with E-state index in [1.165, 1.54) is 12.1 Å². The Kier molecular flexibility index (Phi) is 5.45. The minimum absolute atomic E-state index is 0.0994. The molecular formula is C16H17F3N4O2. The number of nitrogens with one attached hydrogen (secondary N) is 1. The van der Waals surface area contributed by atoms with Crippen LogP contribution in [0, 0.1) is 6.92 Å². The van der Waals surface area contributed by atoms with E-state index in [4.69, 9.17) is 0 Å². The number of aromatic nitrogens is 2. The highest BCUT2D eigenvalue weighted by atomic mass is 19.4. The number of hydrogen-bond donors (Lipinski definition) is 1. The number of halogens is 3. The van der Waals surface area contributed by atoms with Gasteiger partial charge in [0.25, 0.3) is 5.91 Å². The Morgan fingerprint density at radius 2 is 1.84 bits per heavy atom. The van der Waals surface area contributed by atoms with Gasteiger partial charge in [-0.05, 0) is 31.2 Å². The zero-order valence-corrected chi connectivity index (χ0v) is 13.9. The molecule has 9 heteroatoms. The summed E-state index contributed by atoms with van der Waals surface area (Å²) in [6.45, 7) is 1.92. The maximum Gasteiger partial charge on any atom is 0.573 e. The number of ether oxygens (including phenoxy) is 1. The van der Waals surface area contributed by atoms with Gasteiger partial charge in [0.15, 0.2) is 0 Å². The topological polar surface area (TPSA) is 67.4 Å². The number of amides is 1. The van der Waals surface area contributed by atoms with Gasteiger partial charge >= 0.3 is 6.36 Å². The van der Waals surface area contributed by atoms with Gasteiger partial charge in [0, 0.05) is 31.4 Å². The fourth-order valence-electron chi connectivity index (χ4n) is 1.99. The first-order valence-corrected chi connectivity index (χ1v) is 7.30. The number of benzene rings is 1. The molecule has 2 rings (SSSR count). The Bertz CT molecular complexity index is 746. The summed E-state index contributed by atoms with van der Waals surface area (Å²) in [5.74, 6) is 0.316. The van der Waals surface area contributed by atoms with E-state index in [0.29, 0.717) is 11.6 Å². The lowest BCUT2D eigenvalue weighted by Crippen LogP contribution is -2.25. The molecule has 1 heterocycles. The molecule has 0 bridgehead atoms. The Hall–Kier alpha value is -2.84. The summed E-state index contributed by atoms with van der Waals surface area (Å²) < 4.78 is 40.1. The first-order valence-electron chi connectivity index (χ1n) is 7.30. The van der Waals surface area contributed by atoms with Crippen LogP contribution in [0.2, 0.25) is 0 Å². The van der Waals surface area contributed by atoms with E-state index in [1.54, 1.807) is 0 Å². The SMILES string of the molecule is Cc1cc(N(C)C)nc(CNC(=O)c2ccc(OC(F)(F)F)cc2)n1. The quantitative estimate of drug-likeness (QED) is 0.894. The average molecular weight is 354 g/mol. The lowest BCUT2D eigenvalue weighted by molar-refractivity contribution is -0.274. The summed E-state index contributed by atoms with van der Waals surface area (Å²) in [4.78, 5) is 22.4. The molecule has 0 saturated heterocycles. The number of anilines is 1. The maximum atomic E-state index is 12.1. The molecule has 1 aromatic carbocycles. The van der Waals surface area contributed by atoms with Crippen LogP contribution in [0.1, 0.15) is 21.9 Å². The standard InChI is InChI=1S/C16H17F3N4O2/c1-10-8-14(23(2)3)22-13(21-10)9-20-15(24)11-4-6-12(7-5-11)25-16(17,18)19/h4-8H,9H2,1-3H3,(H,20,24). The van der Waals surface area contributed by atoms with Gasteiger partial charge in [0.05, 0.1) is 6.54 Å². The fraction of sp³-hybridized carbons (Fsp3) is 0.312. The van der Waals surface area contributed by atoms with Crippen LogP contribution in [0.4, 0.5) is 19.0 Å². The first-order chi connectivity index (χ1) is 11.6. The number of nitrogens with zero attached hydrogens (tertiary/aromatic N) is 3. The fourth-order valence-corrected chi connectivity index (χ4v) is 1.99. The predicted molar refractivity (Wildman–Crippen MR) is 85.4 cm³/mol. The van der Waals surface area contributed by atoms with E-state index in [9.17, 15) is 18.0 Å². The molecular weight excluding hydrogens is 337 g/mol. The van der Waals surface area contributed by atoms with Crippen LogP contribution in [-0.2, 0) is 6.54 Å². The summed E-state index contributed by atoms with van der Waals surface area (Å²) >= 11 is 0.